The van der Waals surface area contributed by atoms with E-state index in [1.165, 1.54) is 11.6 Å². The minimum atomic E-state index is -4.26. The summed E-state index contributed by atoms with van der Waals surface area (Å²) in [6, 6.07) is 10.4. The largest absolute Gasteiger partial charge is 0.395 e. The molecule has 3 nitrogen and oxygen atoms in total. The van der Waals surface area contributed by atoms with E-state index >= 15 is 0 Å². The van der Waals surface area contributed by atoms with Crippen LogP contribution in [0, 0.1) is 5.92 Å². The molecule has 0 saturated carbocycles. The molecule has 0 aromatic heterocycles. The SMILES string of the molecule is C/C=C\C(=C/C(CCC)C(F)(F)F)C(/C=C1/C(NC2(c3ccccc3)COC2)CCN1C)=C(C)C. The van der Waals surface area contributed by atoms with Crippen molar-refractivity contribution < 1.29 is 17.9 Å². The Morgan fingerprint density at radius 1 is 1.23 bits per heavy atom. The van der Waals surface area contributed by atoms with Crippen molar-refractivity contribution in [1.82, 2.24) is 10.2 Å². The summed E-state index contributed by atoms with van der Waals surface area (Å²) in [5, 5.41) is 3.85. The molecule has 2 aliphatic rings. The molecule has 1 N–H and O–H groups in total. The summed E-state index contributed by atoms with van der Waals surface area (Å²) >= 11 is 0. The number of nitrogens with one attached hydrogen (secondary N) is 1. The summed E-state index contributed by atoms with van der Waals surface area (Å²) in [6.45, 7) is 9.67. The molecule has 0 amide bonds. The van der Waals surface area contributed by atoms with Crippen LogP contribution in [0.15, 0.2) is 77.1 Å². The van der Waals surface area contributed by atoms with Gasteiger partial charge in [0.15, 0.2) is 0 Å². The van der Waals surface area contributed by atoms with Crippen molar-refractivity contribution in [1.29, 1.82) is 0 Å². The van der Waals surface area contributed by atoms with Gasteiger partial charge in [-0.15, -0.1) is 0 Å². The third-order valence-corrected chi connectivity index (χ3v) is 6.91. The Labute approximate surface area is 208 Å². The number of allylic oxidation sites excluding steroid dienone is 7. The Morgan fingerprint density at radius 2 is 1.91 bits per heavy atom. The zero-order valence-electron chi connectivity index (χ0n) is 21.6. The van der Waals surface area contributed by atoms with Crippen LogP contribution in [-0.2, 0) is 10.3 Å². The summed E-state index contributed by atoms with van der Waals surface area (Å²) in [5.74, 6) is -1.46. The third kappa shape index (κ3) is 6.47. The van der Waals surface area contributed by atoms with E-state index in [1.807, 2.05) is 45.0 Å². The van der Waals surface area contributed by atoms with Gasteiger partial charge in [0.05, 0.1) is 24.7 Å². The topological polar surface area (TPSA) is 24.5 Å². The van der Waals surface area contributed by atoms with Crippen LogP contribution in [-0.4, -0.2) is 43.9 Å². The highest BCUT2D eigenvalue weighted by molar-refractivity contribution is 5.51. The molecular formula is C29H39F3N2O. The van der Waals surface area contributed by atoms with Crippen LogP contribution < -0.4 is 5.32 Å². The fraction of sp³-hybridized carbons (Fsp3) is 0.517. The van der Waals surface area contributed by atoms with Crippen molar-refractivity contribution in [3.05, 3.63) is 82.6 Å². The molecule has 2 atom stereocenters. The lowest BCUT2D eigenvalue weighted by Crippen LogP contribution is -2.60. The summed E-state index contributed by atoms with van der Waals surface area (Å²) in [5.41, 5.74) is 4.51. The van der Waals surface area contributed by atoms with Crippen LogP contribution in [0.25, 0.3) is 0 Å². The Balaban J connectivity index is 1.98. The van der Waals surface area contributed by atoms with E-state index in [0.29, 0.717) is 25.2 Å². The first kappa shape index (κ1) is 27.3. The molecule has 0 spiro atoms. The van der Waals surface area contributed by atoms with Crippen molar-refractivity contribution in [3.63, 3.8) is 0 Å². The van der Waals surface area contributed by atoms with Crippen LogP contribution >= 0.6 is 0 Å². The minimum Gasteiger partial charge on any atom is -0.377 e. The molecule has 2 aliphatic heterocycles. The molecule has 2 heterocycles. The summed E-state index contributed by atoms with van der Waals surface area (Å²) in [4.78, 5) is 2.21. The van der Waals surface area contributed by atoms with E-state index in [9.17, 15) is 13.2 Å². The number of alkyl halides is 3. The molecule has 0 bridgehead atoms. The van der Waals surface area contributed by atoms with Crippen LogP contribution in [0.4, 0.5) is 13.2 Å². The van der Waals surface area contributed by atoms with Gasteiger partial charge in [0.2, 0.25) is 0 Å². The van der Waals surface area contributed by atoms with E-state index in [4.69, 9.17) is 4.74 Å². The molecule has 192 valence electrons. The molecule has 0 aliphatic carbocycles. The van der Waals surface area contributed by atoms with Gasteiger partial charge in [0.1, 0.15) is 0 Å². The number of likely N-dealkylation sites (tertiary alicyclic amines) is 1. The third-order valence-electron chi connectivity index (χ3n) is 6.91. The molecular weight excluding hydrogens is 449 g/mol. The Morgan fingerprint density at radius 3 is 2.43 bits per heavy atom. The lowest BCUT2D eigenvalue weighted by molar-refractivity contribution is -0.162. The highest BCUT2D eigenvalue weighted by atomic mass is 19.4. The average Bonchev–Trinajstić information content (AvgIpc) is 3.12. The van der Waals surface area contributed by atoms with Crippen molar-refractivity contribution in [2.75, 3.05) is 26.8 Å². The van der Waals surface area contributed by atoms with E-state index in [-0.39, 0.29) is 18.0 Å². The normalized spacial score (nSPS) is 22.5. The van der Waals surface area contributed by atoms with Gasteiger partial charge >= 0.3 is 6.18 Å². The standard InChI is InChI=1S/C29H39F3N2O/c1-6-11-22(17-24(12-7-2)29(30,31)32)25(21(3)4)18-27-26(15-16-34(27)5)33-28(19-35-20-28)23-13-9-8-10-14-23/h6,8-11,13-14,17-18,24,26,33H,7,12,15-16,19-20H2,1-5H3/b11-6-,22-17+,27-18-. The Bertz CT molecular complexity index is 967. The summed E-state index contributed by atoms with van der Waals surface area (Å²) in [6.07, 6.45) is 4.34. The second-order valence-electron chi connectivity index (χ2n) is 9.89. The summed E-state index contributed by atoms with van der Waals surface area (Å²) < 4.78 is 46.9. The second kappa shape index (κ2) is 11.6. The molecule has 35 heavy (non-hydrogen) atoms. The first-order valence-corrected chi connectivity index (χ1v) is 12.5. The first-order chi connectivity index (χ1) is 16.6. The van der Waals surface area contributed by atoms with Gasteiger partial charge in [-0.05, 0) is 56.4 Å². The lowest BCUT2D eigenvalue weighted by Gasteiger charge is -2.45. The zero-order valence-corrected chi connectivity index (χ0v) is 21.6. The average molecular weight is 489 g/mol. The Kier molecular flexibility index (Phi) is 9.05. The van der Waals surface area contributed by atoms with E-state index < -0.39 is 12.1 Å². The minimum absolute atomic E-state index is 0.0827. The van der Waals surface area contributed by atoms with Crippen molar-refractivity contribution in [3.8, 4) is 0 Å². The lowest BCUT2D eigenvalue weighted by atomic mass is 9.86. The number of rotatable bonds is 9. The molecule has 1 aromatic rings. The number of hydrogen-bond acceptors (Lipinski definition) is 3. The van der Waals surface area contributed by atoms with E-state index in [0.717, 1.165) is 29.8 Å². The van der Waals surface area contributed by atoms with Crippen molar-refractivity contribution in [2.45, 2.75) is 64.7 Å². The molecule has 2 saturated heterocycles. The number of benzene rings is 1. The number of halogens is 3. The van der Waals surface area contributed by atoms with Crippen LogP contribution in [0.1, 0.15) is 52.5 Å². The quantitative estimate of drug-likeness (QED) is 0.382. The molecule has 0 radical (unpaired) electrons. The number of nitrogens with zero attached hydrogens (tertiary/aromatic N) is 1. The van der Waals surface area contributed by atoms with Gasteiger partial charge in [-0.2, -0.15) is 13.2 Å². The van der Waals surface area contributed by atoms with Gasteiger partial charge < -0.3 is 9.64 Å². The fourth-order valence-electron chi connectivity index (χ4n) is 4.90. The highest BCUT2D eigenvalue weighted by Crippen LogP contribution is 2.36. The molecule has 6 heteroatoms. The molecule has 3 rings (SSSR count). The number of likely N-dealkylation sites (N-methyl/N-ethyl adjacent to an activating group) is 1. The smallest absolute Gasteiger partial charge is 0.377 e. The number of hydrogen-bond donors (Lipinski definition) is 1. The Hall–Kier alpha value is -2.31. The van der Waals surface area contributed by atoms with Crippen LogP contribution in [0.3, 0.4) is 0 Å². The van der Waals surface area contributed by atoms with Crippen molar-refractivity contribution >= 4 is 0 Å². The summed E-state index contributed by atoms with van der Waals surface area (Å²) in [7, 11) is 2.05. The van der Waals surface area contributed by atoms with Crippen LogP contribution in [0.2, 0.25) is 0 Å². The van der Waals surface area contributed by atoms with Gasteiger partial charge in [0, 0.05) is 25.3 Å². The van der Waals surface area contributed by atoms with Gasteiger partial charge in [0.25, 0.3) is 0 Å². The van der Waals surface area contributed by atoms with Gasteiger partial charge in [-0.1, -0.05) is 67.5 Å². The van der Waals surface area contributed by atoms with Crippen molar-refractivity contribution in [2.24, 2.45) is 5.92 Å². The predicted molar refractivity (Wildman–Crippen MR) is 137 cm³/mol. The maximum atomic E-state index is 13.8. The van der Waals surface area contributed by atoms with E-state index in [1.54, 1.807) is 13.0 Å². The maximum Gasteiger partial charge on any atom is 0.395 e. The molecule has 2 fully saturated rings. The van der Waals surface area contributed by atoms with Crippen LogP contribution in [0.5, 0.6) is 0 Å². The number of ether oxygens (including phenoxy) is 1. The molecule has 2 unspecified atom stereocenters. The predicted octanol–water partition coefficient (Wildman–Crippen LogP) is 6.91. The second-order valence-corrected chi connectivity index (χ2v) is 9.89. The maximum absolute atomic E-state index is 13.8. The zero-order chi connectivity index (χ0) is 25.6. The molecule has 1 aromatic carbocycles. The highest BCUT2D eigenvalue weighted by Gasteiger charge is 2.43. The fourth-order valence-corrected chi connectivity index (χ4v) is 4.90. The van der Waals surface area contributed by atoms with Gasteiger partial charge in [-0.25, -0.2) is 0 Å². The van der Waals surface area contributed by atoms with E-state index in [2.05, 4.69) is 35.5 Å². The monoisotopic (exact) mass is 488 g/mol. The first-order valence-electron chi connectivity index (χ1n) is 12.5. The van der Waals surface area contributed by atoms with Gasteiger partial charge in [-0.3, -0.25) is 5.32 Å².